The SMILES string of the molecule is COc1ccc(Nc2ccc(C(=O)N3CCOCC3)cc2)cc1. The van der Waals surface area contributed by atoms with Crippen molar-refractivity contribution in [3.8, 4) is 5.75 Å². The number of anilines is 2. The van der Waals surface area contributed by atoms with E-state index in [0.29, 0.717) is 31.9 Å². The summed E-state index contributed by atoms with van der Waals surface area (Å²) in [7, 11) is 1.65. The molecule has 1 aliphatic rings. The number of morpholine rings is 1. The van der Waals surface area contributed by atoms with Gasteiger partial charge in [0.05, 0.1) is 20.3 Å². The zero-order valence-electron chi connectivity index (χ0n) is 13.1. The minimum atomic E-state index is 0.0595. The van der Waals surface area contributed by atoms with Gasteiger partial charge in [0, 0.05) is 30.0 Å². The van der Waals surface area contributed by atoms with Gasteiger partial charge < -0.3 is 19.7 Å². The van der Waals surface area contributed by atoms with Crippen LogP contribution < -0.4 is 10.1 Å². The van der Waals surface area contributed by atoms with Gasteiger partial charge in [-0.25, -0.2) is 0 Å². The molecule has 120 valence electrons. The van der Waals surface area contributed by atoms with Gasteiger partial charge in [0.25, 0.3) is 5.91 Å². The van der Waals surface area contributed by atoms with Crippen molar-refractivity contribution in [1.82, 2.24) is 4.90 Å². The Bertz CT molecular complexity index is 647. The van der Waals surface area contributed by atoms with E-state index in [4.69, 9.17) is 9.47 Å². The first kappa shape index (κ1) is 15.4. The van der Waals surface area contributed by atoms with Gasteiger partial charge in [0.1, 0.15) is 5.75 Å². The standard InChI is InChI=1S/C18H20N2O3/c1-22-17-8-6-16(7-9-17)19-15-4-2-14(3-5-15)18(21)20-10-12-23-13-11-20/h2-9,19H,10-13H2,1H3. The summed E-state index contributed by atoms with van der Waals surface area (Å²) in [5.74, 6) is 0.881. The van der Waals surface area contributed by atoms with E-state index < -0.39 is 0 Å². The van der Waals surface area contributed by atoms with Crippen molar-refractivity contribution < 1.29 is 14.3 Å². The number of hydrogen-bond acceptors (Lipinski definition) is 4. The van der Waals surface area contributed by atoms with Gasteiger partial charge in [0.2, 0.25) is 0 Å². The van der Waals surface area contributed by atoms with Crippen LogP contribution >= 0.6 is 0 Å². The Morgan fingerprint density at radius 1 is 1.00 bits per heavy atom. The molecule has 0 spiro atoms. The fourth-order valence-corrected chi connectivity index (χ4v) is 2.49. The highest BCUT2D eigenvalue weighted by Gasteiger charge is 2.18. The van der Waals surface area contributed by atoms with Crippen LogP contribution in [0.5, 0.6) is 5.75 Å². The van der Waals surface area contributed by atoms with Crippen LogP contribution in [0.25, 0.3) is 0 Å². The lowest BCUT2D eigenvalue weighted by atomic mass is 10.1. The maximum atomic E-state index is 12.4. The first-order valence-electron chi connectivity index (χ1n) is 7.64. The Hall–Kier alpha value is -2.53. The highest BCUT2D eigenvalue weighted by molar-refractivity contribution is 5.94. The second-order valence-electron chi connectivity index (χ2n) is 5.34. The van der Waals surface area contributed by atoms with Crippen molar-refractivity contribution >= 4 is 17.3 Å². The number of amides is 1. The molecular formula is C18H20N2O3. The van der Waals surface area contributed by atoms with Crippen molar-refractivity contribution in [2.75, 3.05) is 38.7 Å². The van der Waals surface area contributed by atoms with Crippen molar-refractivity contribution in [1.29, 1.82) is 0 Å². The van der Waals surface area contributed by atoms with Gasteiger partial charge in [0.15, 0.2) is 0 Å². The quantitative estimate of drug-likeness (QED) is 0.943. The predicted octanol–water partition coefficient (Wildman–Crippen LogP) is 2.91. The summed E-state index contributed by atoms with van der Waals surface area (Å²) < 4.78 is 10.4. The third-order valence-electron chi connectivity index (χ3n) is 3.81. The minimum Gasteiger partial charge on any atom is -0.497 e. The first-order valence-corrected chi connectivity index (χ1v) is 7.64. The number of nitrogens with zero attached hydrogens (tertiary/aromatic N) is 1. The van der Waals surface area contributed by atoms with E-state index in [0.717, 1.165) is 17.1 Å². The molecule has 3 rings (SSSR count). The summed E-state index contributed by atoms with van der Waals surface area (Å²) in [5.41, 5.74) is 2.61. The Morgan fingerprint density at radius 2 is 1.57 bits per heavy atom. The van der Waals surface area contributed by atoms with Crippen molar-refractivity contribution in [3.63, 3.8) is 0 Å². The average molecular weight is 312 g/mol. The Labute approximate surface area is 135 Å². The Kier molecular flexibility index (Phi) is 4.78. The largest absolute Gasteiger partial charge is 0.497 e. The molecule has 1 amide bonds. The zero-order valence-corrected chi connectivity index (χ0v) is 13.1. The van der Waals surface area contributed by atoms with Crippen LogP contribution in [0, 0.1) is 0 Å². The molecule has 0 bridgehead atoms. The summed E-state index contributed by atoms with van der Waals surface area (Å²) in [5, 5.41) is 3.30. The van der Waals surface area contributed by atoms with E-state index in [1.807, 2.05) is 53.4 Å². The number of carbonyl (C=O) groups excluding carboxylic acids is 1. The fourth-order valence-electron chi connectivity index (χ4n) is 2.49. The number of ether oxygens (including phenoxy) is 2. The number of rotatable bonds is 4. The van der Waals surface area contributed by atoms with E-state index in [1.165, 1.54) is 0 Å². The van der Waals surface area contributed by atoms with Crippen LogP contribution in [0.1, 0.15) is 10.4 Å². The molecule has 0 radical (unpaired) electrons. The molecule has 5 heteroatoms. The molecule has 1 N–H and O–H groups in total. The molecule has 0 aliphatic carbocycles. The van der Waals surface area contributed by atoms with Crippen LogP contribution in [0.4, 0.5) is 11.4 Å². The molecule has 1 heterocycles. The van der Waals surface area contributed by atoms with Crippen LogP contribution in [-0.4, -0.2) is 44.2 Å². The molecule has 2 aromatic carbocycles. The number of nitrogens with one attached hydrogen (secondary N) is 1. The third kappa shape index (κ3) is 3.81. The van der Waals surface area contributed by atoms with Crippen molar-refractivity contribution in [2.24, 2.45) is 0 Å². The molecule has 0 atom stereocenters. The maximum Gasteiger partial charge on any atom is 0.254 e. The van der Waals surface area contributed by atoms with Gasteiger partial charge in [-0.05, 0) is 48.5 Å². The van der Waals surface area contributed by atoms with Gasteiger partial charge >= 0.3 is 0 Å². The second-order valence-corrected chi connectivity index (χ2v) is 5.34. The van der Waals surface area contributed by atoms with Crippen LogP contribution in [0.2, 0.25) is 0 Å². The fraction of sp³-hybridized carbons (Fsp3) is 0.278. The van der Waals surface area contributed by atoms with Crippen molar-refractivity contribution in [2.45, 2.75) is 0 Å². The molecule has 1 aliphatic heterocycles. The van der Waals surface area contributed by atoms with Gasteiger partial charge in [-0.15, -0.1) is 0 Å². The minimum absolute atomic E-state index is 0.0595. The maximum absolute atomic E-state index is 12.4. The molecule has 1 saturated heterocycles. The lowest BCUT2D eigenvalue weighted by Crippen LogP contribution is -2.40. The molecule has 0 unspecified atom stereocenters. The lowest BCUT2D eigenvalue weighted by Gasteiger charge is -2.26. The van der Waals surface area contributed by atoms with Gasteiger partial charge in [-0.1, -0.05) is 0 Å². The third-order valence-corrected chi connectivity index (χ3v) is 3.81. The van der Waals surface area contributed by atoms with Crippen LogP contribution in [0.3, 0.4) is 0 Å². The Morgan fingerprint density at radius 3 is 2.13 bits per heavy atom. The Balaban J connectivity index is 1.65. The predicted molar refractivity (Wildman–Crippen MR) is 89.4 cm³/mol. The number of benzene rings is 2. The van der Waals surface area contributed by atoms with E-state index in [2.05, 4.69) is 5.32 Å². The smallest absolute Gasteiger partial charge is 0.254 e. The summed E-state index contributed by atoms with van der Waals surface area (Å²) >= 11 is 0. The number of hydrogen-bond donors (Lipinski definition) is 1. The topological polar surface area (TPSA) is 50.8 Å². The lowest BCUT2D eigenvalue weighted by molar-refractivity contribution is 0.0303. The molecule has 0 aromatic heterocycles. The molecular weight excluding hydrogens is 292 g/mol. The number of carbonyl (C=O) groups is 1. The zero-order chi connectivity index (χ0) is 16.1. The van der Waals surface area contributed by atoms with Gasteiger partial charge in [-0.2, -0.15) is 0 Å². The summed E-state index contributed by atoms with van der Waals surface area (Å²) in [6, 6.07) is 15.2. The summed E-state index contributed by atoms with van der Waals surface area (Å²) in [6.45, 7) is 2.54. The van der Waals surface area contributed by atoms with Crippen LogP contribution in [0.15, 0.2) is 48.5 Å². The van der Waals surface area contributed by atoms with Gasteiger partial charge in [-0.3, -0.25) is 4.79 Å². The average Bonchev–Trinajstić information content (AvgIpc) is 2.63. The normalized spacial score (nSPS) is 14.4. The monoisotopic (exact) mass is 312 g/mol. The molecule has 5 nitrogen and oxygen atoms in total. The van der Waals surface area contributed by atoms with E-state index in [9.17, 15) is 4.79 Å². The molecule has 1 fully saturated rings. The second kappa shape index (κ2) is 7.15. The first-order chi connectivity index (χ1) is 11.3. The van der Waals surface area contributed by atoms with Crippen LogP contribution in [-0.2, 0) is 4.74 Å². The van der Waals surface area contributed by atoms with E-state index in [-0.39, 0.29) is 5.91 Å². The van der Waals surface area contributed by atoms with Crippen molar-refractivity contribution in [3.05, 3.63) is 54.1 Å². The summed E-state index contributed by atoms with van der Waals surface area (Å²) in [4.78, 5) is 14.2. The molecule has 0 saturated carbocycles. The highest BCUT2D eigenvalue weighted by Crippen LogP contribution is 2.20. The molecule has 2 aromatic rings. The number of methoxy groups -OCH3 is 1. The highest BCUT2D eigenvalue weighted by atomic mass is 16.5. The summed E-state index contributed by atoms with van der Waals surface area (Å²) in [6.07, 6.45) is 0. The molecule has 23 heavy (non-hydrogen) atoms. The van der Waals surface area contributed by atoms with E-state index >= 15 is 0 Å². The van der Waals surface area contributed by atoms with E-state index in [1.54, 1.807) is 7.11 Å².